The molecule has 0 aromatic heterocycles. The molecule has 0 aliphatic carbocycles. The number of carbonyl (C=O) groups is 2. The van der Waals surface area contributed by atoms with Gasteiger partial charge in [-0.25, -0.2) is 4.79 Å². The Morgan fingerprint density at radius 2 is 1.84 bits per heavy atom. The molecular formula is C18H21N3O4. The summed E-state index contributed by atoms with van der Waals surface area (Å²) in [5.74, 6) is -1.60. The van der Waals surface area contributed by atoms with Gasteiger partial charge >= 0.3 is 5.97 Å². The summed E-state index contributed by atoms with van der Waals surface area (Å²) in [6.45, 7) is 0. The highest BCUT2D eigenvalue weighted by atomic mass is 16.4. The molecule has 132 valence electrons. The zero-order valence-corrected chi connectivity index (χ0v) is 13.8. The van der Waals surface area contributed by atoms with Gasteiger partial charge in [-0.15, -0.1) is 0 Å². The van der Waals surface area contributed by atoms with Gasteiger partial charge in [-0.3, -0.25) is 4.79 Å². The third kappa shape index (κ3) is 4.71. The van der Waals surface area contributed by atoms with E-state index in [-0.39, 0.29) is 11.6 Å². The van der Waals surface area contributed by atoms with Crippen LogP contribution in [0.15, 0.2) is 48.5 Å². The Kier molecular flexibility index (Phi) is 5.97. The van der Waals surface area contributed by atoms with Gasteiger partial charge < -0.3 is 26.6 Å². The van der Waals surface area contributed by atoms with Crippen LogP contribution in [0.5, 0.6) is 0 Å². The number of nitrogens with two attached hydrogens (primary N) is 1. The molecule has 0 aliphatic rings. The number of anilines is 2. The van der Waals surface area contributed by atoms with Gasteiger partial charge in [-0.1, -0.05) is 30.3 Å². The molecule has 0 heterocycles. The number of carbonyl (C=O) groups excluding carboxylic acids is 1. The zero-order chi connectivity index (χ0) is 18.4. The van der Waals surface area contributed by atoms with E-state index in [0.29, 0.717) is 17.7 Å². The van der Waals surface area contributed by atoms with Gasteiger partial charge in [0.05, 0.1) is 17.4 Å². The van der Waals surface area contributed by atoms with Crippen molar-refractivity contribution in [3.05, 3.63) is 59.7 Å². The zero-order valence-electron chi connectivity index (χ0n) is 13.8. The predicted molar refractivity (Wildman–Crippen MR) is 95.4 cm³/mol. The number of aliphatic hydroxyl groups is 1. The van der Waals surface area contributed by atoms with Crippen LogP contribution >= 0.6 is 0 Å². The van der Waals surface area contributed by atoms with Crippen molar-refractivity contribution in [2.45, 2.75) is 18.6 Å². The molecule has 1 amide bonds. The summed E-state index contributed by atoms with van der Waals surface area (Å²) in [6, 6.07) is 13.1. The average Bonchev–Trinajstić information content (AvgIpc) is 2.62. The first-order valence-corrected chi connectivity index (χ1v) is 7.75. The van der Waals surface area contributed by atoms with Crippen molar-refractivity contribution < 1.29 is 19.8 Å². The monoisotopic (exact) mass is 343 g/mol. The average molecular weight is 343 g/mol. The van der Waals surface area contributed by atoms with E-state index in [1.165, 1.54) is 13.1 Å². The minimum atomic E-state index is -1.61. The van der Waals surface area contributed by atoms with E-state index < -0.39 is 18.1 Å². The Morgan fingerprint density at radius 3 is 2.40 bits per heavy atom. The Balaban J connectivity index is 2.24. The van der Waals surface area contributed by atoms with Crippen LogP contribution in [0.3, 0.4) is 0 Å². The summed E-state index contributed by atoms with van der Waals surface area (Å²) in [4.78, 5) is 22.8. The molecule has 2 atom stereocenters. The predicted octanol–water partition coefficient (Wildman–Crippen LogP) is 1.10. The summed E-state index contributed by atoms with van der Waals surface area (Å²) in [5.41, 5.74) is 7.97. The maximum atomic E-state index is 11.6. The largest absolute Gasteiger partial charge is 0.479 e. The normalized spacial score (nSPS) is 12.9. The molecule has 25 heavy (non-hydrogen) atoms. The van der Waals surface area contributed by atoms with Crippen LogP contribution in [0.1, 0.15) is 15.9 Å². The minimum absolute atomic E-state index is 0.273. The molecule has 2 unspecified atom stereocenters. The molecule has 0 spiro atoms. The molecule has 2 aromatic rings. The summed E-state index contributed by atoms with van der Waals surface area (Å²) >= 11 is 0. The number of nitrogens with one attached hydrogen (secondary N) is 2. The maximum absolute atomic E-state index is 11.6. The Bertz CT molecular complexity index is 749. The third-order valence-electron chi connectivity index (χ3n) is 3.81. The van der Waals surface area contributed by atoms with Crippen LogP contribution in [0.25, 0.3) is 0 Å². The molecular weight excluding hydrogens is 322 g/mol. The maximum Gasteiger partial charge on any atom is 0.334 e. The van der Waals surface area contributed by atoms with Crippen LogP contribution in [0.4, 0.5) is 11.4 Å². The number of hydrogen-bond donors (Lipinski definition) is 5. The van der Waals surface area contributed by atoms with Crippen molar-refractivity contribution in [2.24, 2.45) is 0 Å². The van der Waals surface area contributed by atoms with Gasteiger partial charge in [0, 0.05) is 12.6 Å². The van der Waals surface area contributed by atoms with Gasteiger partial charge in [-0.05, 0) is 30.2 Å². The van der Waals surface area contributed by atoms with E-state index in [1.807, 2.05) is 30.3 Å². The lowest BCUT2D eigenvalue weighted by Gasteiger charge is -2.24. The molecule has 2 rings (SSSR count). The second-order valence-corrected chi connectivity index (χ2v) is 5.60. The second-order valence-electron chi connectivity index (χ2n) is 5.60. The number of nitrogen functional groups attached to an aromatic ring is 1. The van der Waals surface area contributed by atoms with Crippen LogP contribution in [-0.2, 0) is 11.2 Å². The number of aliphatic carboxylic acids is 1. The van der Waals surface area contributed by atoms with Crippen LogP contribution < -0.4 is 16.4 Å². The first-order valence-electron chi connectivity index (χ1n) is 7.75. The quantitative estimate of drug-likeness (QED) is 0.480. The number of amides is 1. The summed E-state index contributed by atoms with van der Waals surface area (Å²) in [5, 5.41) is 24.6. The Morgan fingerprint density at radius 1 is 1.16 bits per heavy atom. The molecule has 0 saturated heterocycles. The first kappa shape index (κ1) is 18.3. The van der Waals surface area contributed by atoms with Crippen molar-refractivity contribution >= 4 is 23.3 Å². The van der Waals surface area contributed by atoms with Gasteiger partial charge in [-0.2, -0.15) is 0 Å². The first-order chi connectivity index (χ1) is 11.9. The molecule has 7 heteroatoms. The van der Waals surface area contributed by atoms with Crippen molar-refractivity contribution in [2.75, 3.05) is 18.1 Å². The van der Waals surface area contributed by atoms with Crippen LogP contribution in [-0.4, -0.2) is 41.3 Å². The van der Waals surface area contributed by atoms with E-state index >= 15 is 0 Å². The standard InChI is InChI=1S/C18H21N3O4/c1-20-17(23)12-7-8-14(13(19)10-12)21-15(16(22)18(24)25)9-11-5-3-2-4-6-11/h2-8,10,15-16,21-22H,9,19H2,1H3,(H,20,23)(H,24,25). The van der Waals surface area contributed by atoms with E-state index in [9.17, 15) is 14.7 Å². The fourth-order valence-corrected chi connectivity index (χ4v) is 2.46. The second kappa shape index (κ2) is 8.16. The minimum Gasteiger partial charge on any atom is -0.479 e. The topological polar surface area (TPSA) is 125 Å². The molecule has 6 N–H and O–H groups in total. The lowest BCUT2D eigenvalue weighted by molar-refractivity contribution is -0.147. The fraction of sp³-hybridized carbons (Fsp3) is 0.222. The molecule has 0 saturated carbocycles. The van der Waals surface area contributed by atoms with Crippen molar-refractivity contribution in [3.8, 4) is 0 Å². The molecule has 0 aliphatic heterocycles. The Hall–Kier alpha value is -3.06. The Labute approximate surface area is 145 Å². The van der Waals surface area contributed by atoms with E-state index in [4.69, 9.17) is 10.8 Å². The highest BCUT2D eigenvalue weighted by molar-refractivity contribution is 5.96. The smallest absolute Gasteiger partial charge is 0.334 e. The van der Waals surface area contributed by atoms with Crippen LogP contribution in [0, 0.1) is 0 Å². The number of hydrogen-bond acceptors (Lipinski definition) is 5. The van der Waals surface area contributed by atoms with Gasteiger partial charge in [0.15, 0.2) is 6.10 Å². The summed E-state index contributed by atoms with van der Waals surface area (Å²) in [6.07, 6.45) is -1.32. The molecule has 0 fully saturated rings. The van der Waals surface area contributed by atoms with Crippen molar-refractivity contribution in [3.63, 3.8) is 0 Å². The number of aliphatic hydroxyl groups excluding tert-OH is 1. The molecule has 2 aromatic carbocycles. The van der Waals surface area contributed by atoms with Gasteiger partial charge in [0.25, 0.3) is 5.91 Å². The van der Waals surface area contributed by atoms with E-state index in [0.717, 1.165) is 5.56 Å². The fourth-order valence-electron chi connectivity index (χ4n) is 2.46. The third-order valence-corrected chi connectivity index (χ3v) is 3.81. The molecule has 0 bridgehead atoms. The van der Waals surface area contributed by atoms with Crippen LogP contribution in [0.2, 0.25) is 0 Å². The number of carboxylic acids is 1. The van der Waals surface area contributed by atoms with Gasteiger partial charge in [0.1, 0.15) is 0 Å². The molecule has 7 nitrogen and oxygen atoms in total. The summed E-state index contributed by atoms with van der Waals surface area (Å²) < 4.78 is 0. The number of carboxylic acid groups (broad SMARTS) is 1. The lowest BCUT2D eigenvalue weighted by Crippen LogP contribution is -2.41. The van der Waals surface area contributed by atoms with Gasteiger partial charge in [0.2, 0.25) is 0 Å². The number of rotatable bonds is 7. The summed E-state index contributed by atoms with van der Waals surface area (Å²) in [7, 11) is 1.52. The highest BCUT2D eigenvalue weighted by Gasteiger charge is 2.26. The number of benzene rings is 2. The lowest BCUT2D eigenvalue weighted by atomic mass is 10.0. The van der Waals surface area contributed by atoms with Crippen molar-refractivity contribution in [1.29, 1.82) is 0 Å². The SMILES string of the molecule is CNC(=O)c1ccc(NC(Cc2ccccc2)C(O)C(=O)O)c(N)c1. The van der Waals surface area contributed by atoms with E-state index in [1.54, 1.807) is 12.1 Å². The van der Waals surface area contributed by atoms with E-state index in [2.05, 4.69) is 10.6 Å². The highest BCUT2D eigenvalue weighted by Crippen LogP contribution is 2.22. The van der Waals surface area contributed by atoms with Crippen molar-refractivity contribution in [1.82, 2.24) is 5.32 Å². The molecule has 0 radical (unpaired) electrons.